The van der Waals surface area contributed by atoms with E-state index in [1.165, 1.54) is 57.7 Å². The van der Waals surface area contributed by atoms with Gasteiger partial charge < -0.3 is 20.9 Å². The van der Waals surface area contributed by atoms with E-state index in [9.17, 15) is 27.5 Å². The first-order valence-electron chi connectivity index (χ1n) is 14.1. The number of amides is 2. The summed E-state index contributed by atoms with van der Waals surface area (Å²) in [5.74, 6) is -1.12. The van der Waals surface area contributed by atoms with Crippen LogP contribution in [0.4, 0.5) is 20.6 Å². The number of benzene rings is 3. The molecule has 4 atom stereocenters. The van der Waals surface area contributed by atoms with Crippen molar-refractivity contribution in [2.24, 2.45) is 5.92 Å². The molecule has 12 heteroatoms. The molecule has 3 aromatic carbocycles. The first-order chi connectivity index (χ1) is 20.5. The number of anilines is 2. The Morgan fingerprint density at radius 1 is 1.09 bits per heavy atom. The summed E-state index contributed by atoms with van der Waals surface area (Å²) in [5, 5.41) is 14.3. The number of aliphatic hydroxyl groups is 1. The Hall–Kier alpha value is -4.00. The van der Waals surface area contributed by atoms with Crippen LogP contribution in [0.5, 0.6) is 0 Å². The molecule has 0 spiro atoms. The highest BCUT2D eigenvalue weighted by atomic mass is 32.2. The van der Waals surface area contributed by atoms with Crippen LogP contribution in [0.2, 0.25) is 0 Å². The van der Waals surface area contributed by atoms with Crippen LogP contribution in [-0.2, 0) is 26.0 Å². The number of nitrogens with one attached hydrogen (secondary N) is 1. The summed E-state index contributed by atoms with van der Waals surface area (Å²) < 4.78 is 47.2. The maximum atomic E-state index is 13.7. The molecule has 1 saturated heterocycles. The first kappa shape index (κ1) is 31.9. The second kappa shape index (κ2) is 14.0. The minimum absolute atomic E-state index is 0.00623. The van der Waals surface area contributed by atoms with Gasteiger partial charge >= 0.3 is 6.09 Å². The lowest BCUT2D eigenvalue weighted by Crippen LogP contribution is -2.53. The molecular weight excluding hydrogens is 575 g/mol. The molecule has 1 aliphatic heterocycles. The van der Waals surface area contributed by atoms with Crippen LogP contribution in [0.3, 0.4) is 0 Å². The van der Waals surface area contributed by atoms with Gasteiger partial charge in [-0.1, -0.05) is 50.6 Å². The zero-order chi connectivity index (χ0) is 31.1. The van der Waals surface area contributed by atoms with Crippen molar-refractivity contribution in [3.63, 3.8) is 0 Å². The molecular formula is C31H37FN4O6S. The number of carbonyl (C=O) groups is 2. The van der Waals surface area contributed by atoms with Crippen molar-refractivity contribution >= 4 is 33.4 Å². The number of halogens is 1. The Balaban J connectivity index is 1.55. The molecule has 4 rings (SSSR count). The number of carbonyl (C=O) groups excluding carboxylic acids is 2. The van der Waals surface area contributed by atoms with E-state index in [1.807, 2.05) is 44.2 Å². The monoisotopic (exact) mass is 612 g/mol. The predicted octanol–water partition coefficient (Wildman–Crippen LogP) is 3.56. The number of nitrogens with two attached hydrogens (primary N) is 1. The zero-order valence-electron chi connectivity index (χ0n) is 24.1. The number of hydrogen-bond acceptors (Lipinski definition) is 7. The number of aliphatic hydroxyl groups excluding tert-OH is 1. The summed E-state index contributed by atoms with van der Waals surface area (Å²) in [6, 6.07) is 19.3. The number of nitrogen functional groups attached to an aromatic ring is 1. The number of cyclic esters (lactones) is 1. The predicted molar refractivity (Wildman–Crippen MR) is 161 cm³/mol. The molecule has 3 aromatic rings. The molecule has 230 valence electrons. The number of hydrogen-bond donors (Lipinski definition) is 3. The fourth-order valence-electron chi connectivity index (χ4n) is 4.73. The van der Waals surface area contributed by atoms with E-state index in [1.54, 1.807) is 0 Å². The smallest absolute Gasteiger partial charge is 0.415 e. The third-order valence-corrected chi connectivity index (χ3v) is 9.30. The molecule has 0 unspecified atom stereocenters. The Kier molecular flexibility index (Phi) is 10.4. The van der Waals surface area contributed by atoms with Gasteiger partial charge in [0.1, 0.15) is 5.82 Å². The van der Waals surface area contributed by atoms with E-state index in [4.69, 9.17) is 10.5 Å². The third kappa shape index (κ3) is 8.09. The normalized spacial score (nSPS) is 17.4. The van der Waals surface area contributed by atoms with Crippen LogP contribution >= 0.6 is 0 Å². The van der Waals surface area contributed by atoms with Crippen LogP contribution in [0.15, 0.2) is 83.8 Å². The van der Waals surface area contributed by atoms with E-state index in [0.29, 0.717) is 17.8 Å². The molecule has 0 aliphatic carbocycles. The van der Waals surface area contributed by atoms with Crippen molar-refractivity contribution < 1.29 is 32.2 Å². The van der Waals surface area contributed by atoms with Gasteiger partial charge in [-0.25, -0.2) is 17.6 Å². The molecule has 0 saturated carbocycles. The molecule has 1 fully saturated rings. The molecule has 10 nitrogen and oxygen atoms in total. The van der Waals surface area contributed by atoms with E-state index in [2.05, 4.69) is 5.32 Å². The summed E-state index contributed by atoms with van der Waals surface area (Å²) in [6.07, 6.45) is -2.37. The van der Waals surface area contributed by atoms with Crippen molar-refractivity contribution in [1.29, 1.82) is 0 Å². The molecule has 2 amide bonds. The van der Waals surface area contributed by atoms with Gasteiger partial charge in [0.2, 0.25) is 10.0 Å². The summed E-state index contributed by atoms with van der Waals surface area (Å²) in [4.78, 5) is 27.1. The lowest BCUT2D eigenvalue weighted by molar-refractivity contribution is -0.129. The van der Waals surface area contributed by atoms with E-state index in [-0.39, 0.29) is 36.9 Å². The maximum Gasteiger partial charge on any atom is 0.415 e. The van der Waals surface area contributed by atoms with Crippen LogP contribution in [-0.4, -0.2) is 67.7 Å². The highest BCUT2D eigenvalue weighted by Crippen LogP contribution is 2.24. The number of nitrogens with zero attached hydrogens (tertiary/aromatic N) is 2. The fourth-order valence-corrected chi connectivity index (χ4v) is 6.31. The lowest BCUT2D eigenvalue weighted by Gasteiger charge is -2.31. The average molecular weight is 613 g/mol. The third-order valence-electron chi connectivity index (χ3n) is 7.45. The zero-order valence-corrected chi connectivity index (χ0v) is 24.9. The summed E-state index contributed by atoms with van der Waals surface area (Å²) in [5.41, 5.74) is 7.35. The topological polar surface area (TPSA) is 142 Å². The van der Waals surface area contributed by atoms with Gasteiger partial charge in [-0.15, -0.1) is 0 Å². The summed E-state index contributed by atoms with van der Waals surface area (Å²) >= 11 is 0. The molecule has 43 heavy (non-hydrogen) atoms. The average Bonchev–Trinajstić information content (AvgIpc) is 3.39. The Bertz CT molecular complexity index is 1490. The molecule has 4 N–H and O–H groups in total. The molecule has 0 aromatic heterocycles. The van der Waals surface area contributed by atoms with Crippen molar-refractivity contribution in [1.82, 2.24) is 9.62 Å². The second-order valence-corrected chi connectivity index (χ2v) is 12.7. The summed E-state index contributed by atoms with van der Waals surface area (Å²) in [7, 11) is -4.01. The minimum Gasteiger partial charge on any atom is -0.434 e. The number of sulfonamides is 1. The Morgan fingerprint density at radius 3 is 2.37 bits per heavy atom. The number of ether oxygens (including phenoxy) is 1. The lowest BCUT2D eigenvalue weighted by atomic mass is 10.0. The van der Waals surface area contributed by atoms with Crippen molar-refractivity contribution in [3.05, 3.63) is 90.2 Å². The largest absolute Gasteiger partial charge is 0.434 e. The van der Waals surface area contributed by atoms with Gasteiger partial charge in [0.15, 0.2) is 6.10 Å². The summed E-state index contributed by atoms with van der Waals surface area (Å²) in [6.45, 7) is 3.62. The second-order valence-electron chi connectivity index (χ2n) is 10.7. The van der Waals surface area contributed by atoms with Gasteiger partial charge in [0, 0.05) is 24.5 Å². The van der Waals surface area contributed by atoms with Gasteiger partial charge in [-0.05, 0) is 66.4 Å². The Labute approximate surface area is 251 Å². The van der Waals surface area contributed by atoms with Gasteiger partial charge in [0.05, 0.1) is 23.6 Å². The molecule has 1 heterocycles. The van der Waals surface area contributed by atoms with Gasteiger partial charge in [-0.3, -0.25) is 9.69 Å². The SMILES string of the molecule is CC[C@H](C)CN(C[C@@H](O)[C@H](Cc1ccccc1)NC(=O)[C@@H]1CN(c2ccc(F)cc2)C(=O)O1)S(=O)(=O)c1ccc(N)cc1. The van der Waals surface area contributed by atoms with E-state index in [0.717, 1.165) is 5.56 Å². The maximum absolute atomic E-state index is 13.7. The van der Waals surface area contributed by atoms with Crippen LogP contribution in [0, 0.1) is 11.7 Å². The molecule has 1 aliphatic rings. The van der Waals surface area contributed by atoms with Crippen LogP contribution < -0.4 is 16.0 Å². The van der Waals surface area contributed by atoms with Crippen LogP contribution in [0.1, 0.15) is 25.8 Å². The Morgan fingerprint density at radius 2 is 1.74 bits per heavy atom. The first-order valence-corrected chi connectivity index (χ1v) is 15.5. The van der Waals surface area contributed by atoms with Crippen LogP contribution in [0.25, 0.3) is 0 Å². The molecule has 0 radical (unpaired) electrons. The number of rotatable bonds is 13. The van der Waals surface area contributed by atoms with Crippen molar-refractivity contribution in [3.8, 4) is 0 Å². The van der Waals surface area contributed by atoms with Crippen molar-refractivity contribution in [2.75, 3.05) is 30.3 Å². The highest BCUT2D eigenvalue weighted by Gasteiger charge is 2.39. The minimum atomic E-state index is -4.01. The van der Waals surface area contributed by atoms with Gasteiger partial charge in [-0.2, -0.15) is 4.31 Å². The fraction of sp³-hybridized carbons (Fsp3) is 0.355. The quantitative estimate of drug-likeness (QED) is 0.251. The van der Waals surface area contributed by atoms with E-state index < -0.39 is 46.1 Å². The standard InChI is InChI=1S/C31H37FN4O6S/c1-3-21(2)18-35(43(40,41)26-15-11-24(33)12-16-26)19-28(37)27(17-22-7-5-4-6-8-22)34-30(38)29-20-36(31(39)42-29)25-13-9-23(32)10-14-25/h4-16,21,27-29,37H,3,17-20,33H2,1-2H3,(H,34,38)/t21-,27-,28+,29-/m0/s1. The molecule has 0 bridgehead atoms. The van der Waals surface area contributed by atoms with E-state index >= 15 is 0 Å². The highest BCUT2D eigenvalue weighted by molar-refractivity contribution is 7.89. The van der Waals surface area contributed by atoms with Gasteiger partial charge in [0.25, 0.3) is 5.91 Å². The van der Waals surface area contributed by atoms with Crippen molar-refractivity contribution in [2.45, 2.75) is 49.8 Å².